The van der Waals surface area contributed by atoms with E-state index in [9.17, 15) is 27.1 Å². The van der Waals surface area contributed by atoms with Crippen LogP contribution in [0.15, 0.2) is 36.9 Å². The molecule has 0 saturated carbocycles. The summed E-state index contributed by atoms with van der Waals surface area (Å²) in [4.78, 5) is 3.68. The van der Waals surface area contributed by atoms with E-state index in [0.29, 0.717) is 0 Å². The van der Waals surface area contributed by atoms with Gasteiger partial charge in [0.2, 0.25) is 0 Å². The number of aliphatic hydroxyl groups is 1. The standard InChI is InChI=1S/C17H14F5NO/c1-9(17(20,21)22)13-8-12(16(2,3)24)14(19)15(23-13)10-4-6-11(18)7-5-10/h4-8,24H,1H2,2-3H3. The van der Waals surface area contributed by atoms with Crippen molar-refractivity contribution >= 4 is 5.57 Å². The van der Waals surface area contributed by atoms with Gasteiger partial charge in [-0.2, -0.15) is 13.2 Å². The molecule has 7 heteroatoms. The maximum Gasteiger partial charge on any atom is 0.417 e. The summed E-state index contributed by atoms with van der Waals surface area (Å²) in [5, 5.41) is 10.1. The van der Waals surface area contributed by atoms with Crippen molar-refractivity contribution in [1.82, 2.24) is 4.98 Å². The maximum absolute atomic E-state index is 14.7. The van der Waals surface area contributed by atoms with Crippen molar-refractivity contribution in [2.75, 3.05) is 0 Å². The third-order valence-electron chi connectivity index (χ3n) is 3.39. The molecule has 0 fully saturated rings. The highest BCUT2D eigenvalue weighted by Gasteiger charge is 2.36. The van der Waals surface area contributed by atoms with Crippen LogP contribution >= 0.6 is 0 Å². The Balaban J connectivity index is 2.74. The van der Waals surface area contributed by atoms with E-state index in [1.165, 1.54) is 26.0 Å². The average molecular weight is 343 g/mol. The molecule has 0 aliphatic heterocycles. The number of hydrogen-bond donors (Lipinski definition) is 1. The Morgan fingerprint density at radius 3 is 2.08 bits per heavy atom. The molecule has 0 unspecified atom stereocenters. The van der Waals surface area contributed by atoms with Crippen molar-refractivity contribution < 1.29 is 27.1 Å². The molecule has 0 radical (unpaired) electrons. The molecule has 128 valence electrons. The number of hydrogen-bond acceptors (Lipinski definition) is 2. The Kier molecular flexibility index (Phi) is 4.50. The number of aromatic nitrogens is 1. The molecule has 1 aromatic carbocycles. The van der Waals surface area contributed by atoms with Gasteiger partial charge in [-0.25, -0.2) is 13.8 Å². The molecule has 1 aromatic heterocycles. The molecular formula is C17H14F5NO. The van der Waals surface area contributed by atoms with Crippen molar-refractivity contribution in [2.24, 2.45) is 0 Å². The summed E-state index contributed by atoms with van der Waals surface area (Å²) in [7, 11) is 0. The predicted molar refractivity (Wildman–Crippen MR) is 79.9 cm³/mol. The monoisotopic (exact) mass is 343 g/mol. The minimum Gasteiger partial charge on any atom is -0.386 e. The number of benzene rings is 1. The number of pyridine rings is 1. The van der Waals surface area contributed by atoms with E-state index in [4.69, 9.17) is 0 Å². The maximum atomic E-state index is 14.7. The number of alkyl halides is 3. The summed E-state index contributed by atoms with van der Waals surface area (Å²) >= 11 is 0. The highest BCUT2D eigenvalue weighted by atomic mass is 19.4. The first-order chi connectivity index (χ1) is 10.9. The van der Waals surface area contributed by atoms with E-state index in [2.05, 4.69) is 11.6 Å². The fourth-order valence-corrected chi connectivity index (χ4v) is 2.07. The first-order valence-corrected chi connectivity index (χ1v) is 6.87. The lowest BCUT2D eigenvalue weighted by molar-refractivity contribution is -0.0689. The van der Waals surface area contributed by atoms with Crippen molar-refractivity contribution in [3.8, 4) is 11.3 Å². The van der Waals surface area contributed by atoms with Crippen LogP contribution < -0.4 is 0 Å². The van der Waals surface area contributed by atoms with E-state index >= 15 is 0 Å². The lowest BCUT2D eigenvalue weighted by Gasteiger charge is -2.22. The molecule has 0 aliphatic rings. The van der Waals surface area contributed by atoms with Gasteiger partial charge in [0.15, 0.2) is 5.82 Å². The zero-order valence-corrected chi connectivity index (χ0v) is 12.9. The molecule has 1 heterocycles. The topological polar surface area (TPSA) is 33.1 Å². The number of rotatable bonds is 3. The first kappa shape index (κ1) is 18.1. The van der Waals surface area contributed by atoms with Crippen LogP contribution in [-0.2, 0) is 5.60 Å². The van der Waals surface area contributed by atoms with Crippen LogP contribution in [0.1, 0.15) is 25.1 Å². The molecule has 0 atom stereocenters. The van der Waals surface area contributed by atoms with Gasteiger partial charge in [-0.05, 0) is 44.2 Å². The van der Waals surface area contributed by atoms with Gasteiger partial charge in [0.1, 0.15) is 11.5 Å². The summed E-state index contributed by atoms with van der Waals surface area (Å²) in [6.45, 7) is 5.42. The summed E-state index contributed by atoms with van der Waals surface area (Å²) in [6.07, 6.45) is -4.76. The van der Waals surface area contributed by atoms with E-state index in [1.807, 2.05) is 0 Å². The molecule has 0 aliphatic carbocycles. The normalized spacial score (nSPS) is 12.3. The molecule has 0 saturated heterocycles. The molecular weight excluding hydrogens is 329 g/mol. The minimum atomic E-state index is -4.76. The molecule has 2 rings (SSSR count). The molecule has 2 nitrogen and oxygen atoms in total. The second-order valence-electron chi connectivity index (χ2n) is 5.76. The van der Waals surface area contributed by atoms with Crippen molar-refractivity contribution in [3.05, 3.63) is 59.8 Å². The van der Waals surface area contributed by atoms with Gasteiger partial charge >= 0.3 is 6.18 Å². The fourth-order valence-electron chi connectivity index (χ4n) is 2.07. The highest BCUT2D eigenvalue weighted by Crippen LogP contribution is 2.36. The molecule has 0 amide bonds. The third-order valence-corrected chi connectivity index (χ3v) is 3.39. The van der Waals surface area contributed by atoms with E-state index in [-0.39, 0.29) is 11.1 Å². The summed E-state index contributed by atoms with van der Waals surface area (Å²) < 4.78 is 66.4. The molecule has 24 heavy (non-hydrogen) atoms. The third kappa shape index (κ3) is 3.62. The van der Waals surface area contributed by atoms with E-state index in [0.717, 1.165) is 18.2 Å². The molecule has 0 spiro atoms. The van der Waals surface area contributed by atoms with Crippen molar-refractivity contribution in [2.45, 2.75) is 25.6 Å². The Labute approximate surface area is 135 Å². The highest BCUT2D eigenvalue weighted by molar-refractivity contribution is 5.70. The van der Waals surface area contributed by atoms with Gasteiger partial charge < -0.3 is 5.11 Å². The SMILES string of the molecule is C=C(c1cc(C(C)(C)O)c(F)c(-c2ccc(F)cc2)n1)C(F)(F)F. The number of nitrogens with zero attached hydrogens (tertiary/aromatic N) is 1. The summed E-state index contributed by atoms with van der Waals surface area (Å²) in [5.74, 6) is -1.56. The number of halogens is 5. The second kappa shape index (κ2) is 5.98. The predicted octanol–water partition coefficient (Wildman–Crippen LogP) is 4.83. The Bertz CT molecular complexity index is 773. The largest absolute Gasteiger partial charge is 0.417 e. The van der Waals surface area contributed by atoms with Crippen molar-refractivity contribution in [3.63, 3.8) is 0 Å². The Morgan fingerprint density at radius 1 is 1.08 bits per heavy atom. The van der Waals surface area contributed by atoms with E-state index in [1.54, 1.807) is 0 Å². The van der Waals surface area contributed by atoms with Gasteiger partial charge in [0, 0.05) is 11.1 Å². The van der Waals surface area contributed by atoms with Crippen LogP contribution in [0.3, 0.4) is 0 Å². The van der Waals surface area contributed by atoms with Gasteiger partial charge in [0.25, 0.3) is 0 Å². The lowest BCUT2D eigenvalue weighted by Crippen LogP contribution is -2.20. The Hall–Kier alpha value is -2.28. The lowest BCUT2D eigenvalue weighted by atomic mass is 9.94. The van der Waals surface area contributed by atoms with Crippen LogP contribution in [0.25, 0.3) is 16.8 Å². The molecule has 1 N–H and O–H groups in total. The zero-order valence-electron chi connectivity index (χ0n) is 12.9. The summed E-state index contributed by atoms with van der Waals surface area (Å²) in [5.41, 5.74) is -4.33. The van der Waals surface area contributed by atoms with Crippen LogP contribution in [0.2, 0.25) is 0 Å². The van der Waals surface area contributed by atoms with Crippen LogP contribution in [0, 0.1) is 11.6 Å². The van der Waals surface area contributed by atoms with Gasteiger partial charge in [0.05, 0.1) is 16.9 Å². The van der Waals surface area contributed by atoms with Crippen LogP contribution in [0.4, 0.5) is 22.0 Å². The first-order valence-electron chi connectivity index (χ1n) is 6.87. The molecule has 2 aromatic rings. The minimum absolute atomic E-state index is 0.0798. The Morgan fingerprint density at radius 2 is 1.62 bits per heavy atom. The van der Waals surface area contributed by atoms with Gasteiger partial charge in [-0.15, -0.1) is 0 Å². The molecule has 0 bridgehead atoms. The van der Waals surface area contributed by atoms with Crippen LogP contribution in [0.5, 0.6) is 0 Å². The van der Waals surface area contributed by atoms with Gasteiger partial charge in [-0.3, -0.25) is 0 Å². The second-order valence-corrected chi connectivity index (χ2v) is 5.76. The fraction of sp³-hybridized carbons (Fsp3) is 0.235. The van der Waals surface area contributed by atoms with E-state index < -0.39 is 40.4 Å². The average Bonchev–Trinajstić information content (AvgIpc) is 2.45. The van der Waals surface area contributed by atoms with Gasteiger partial charge in [-0.1, -0.05) is 6.58 Å². The van der Waals surface area contributed by atoms with Crippen molar-refractivity contribution in [1.29, 1.82) is 0 Å². The smallest absolute Gasteiger partial charge is 0.386 e. The zero-order chi connectivity index (χ0) is 18.3. The quantitative estimate of drug-likeness (QED) is 0.810. The van der Waals surface area contributed by atoms with Crippen LogP contribution in [-0.4, -0.2) is 16.3 Å². The number of allylic oxidation sites excluding steroid dienone is 1. The summed E-state index contributed by atoms with van der Waals surface area (Å²) in [6, 6.07) is 5.26.